The minimum absolute atomic E-state index is 0.261. The quantitative estimate of drug-likeness (QED) is 0.419. The standard InChI is InChI=1S/C21H16ClN7O/c1-27(15-4-6-19(22)24-9-15)21(30)16-12-29-18(10-25-20(29)11-23-16)13-3-5-17-14(7-13)8-26-28(17)2/h3-12H,1-2H3. The number of imidazole rings is 1. The highest BCUT2D eigenvalue weighted by Crippen LogP contribution is 2.25. The minimum Gasteiger partial charge on any atom is -0.309 e. The van der Waals surface area contributed by atoms with Crippen LogP contribution < -0.4 is 4.90 Å². The summed E-state index contributed by atoms with van der Waals surface area (Å²) in [5.74, 6) is -0.261. The Bertz CT molecular complexity index is 1400. The van der Waals surface area contributed by atoms with Gasteiger partial charge in [0.15, 0.2) is 5.65 Å². The Kier molecular flexibility index (Phi) is 4.22. The molecule has 0 aliphatic rings. The van der Waals surface area contributed by atoms with Crippen molar-refractivity contribution in [2.24, 2.45) is 7.05 Å². The van der Waals surface area contributed by atoms with Crippen LogP contribution in [0.25, 0.3) is 27.8 Å². The number of benzene rings is 1. The second-order valence-corrected chi connectivity index (χ2v) is 7.28. The third kappa shape index (κ3) is 2.98. The van der Waals surface area contributed by atoms with Crippen LogP contribution in [0.5, 0.6) is 0 Å². The first-order valence-corrected chi connectivity index (χ1v) is 9.54. The molecule has 1 aromatic carbocycles. The number of pyridine rings is 1. The van der Waals surface area contributed by atoms with Crippen molar-refractivity contribution >= 4 is 39.7 Å². The second kappa shape index (κ2) is 6.93. The molecule has 1 amide bonds. The summed E-state index contributed by atoms with van der Waals surface area (Å²) in [4.78, 5) is 27.2. The highest BCUT2D eigenvalue weighted by Gasteiger charge is 2.17. The summed E-state index contributed by atoms with van der Waals surface area (Å²) in [6.45, 7) is 0. The molecule has 0 radical (unpaired) electrons. The average Bonchev–Trinajstić information content (AvgIpc) is 3.36. The Morgan fingerprint density at radius 1 is 1.03 bits per heavy atom. The maximum absolute atomic E-state index is 13.0. The number of carbonyl (C=O) groups excluding carboxylic acids is 1. The molecular weight excluding hydrogens is 402 g/mol. The fourth-order valence-corrected chi connectivity index (χ4v) is 3.50. The molecule has 5 rings (SSSR count). The van der Waals surface area contributed by atoms with E-state index < -0.39 is 0 Å². The van der Waals surface area contributed by atoms with Gasteiger partial charge in [-0.2, -0.15) is 5.10 Å². The van der Waals surface area contributed by atoms with Crippen LogP contribution in [0.4, 0.5) is 5.69 Å². The molecular formula is C21H16ClN7O. The van der Waals surface area contributed by atoms with E-state index >= 15 is 0 Å². The molecule has 4 heterocycles. The molecule has 0 N–H and O–H groups in total. The first-order chi connectivity index (χ1) is 14.5. The highest BCUT2D eigenvalue weighted by atomic mass is 35.5. The number of hydrogen-bond donors (Lipinski definition) is 0. The Balaban J connectivity index is 1.55. The molecule has 0 unspecified atom stereocenters. The Morgan fingerprint density at radius 2 is 1.90 bits per heavy atom. The van der Waals surface area contributed by atoms with E-state index in [2.05, 4.69) is 26.1 Å². The van der Waals surface area contributed by atoms with E-state index in [9.17, 15) is 4.79 Å². The molecule has 4 aromatic heterocycles. The predicted molar refractivity (Wildman–Crippen MR) is 115 cm³/mol. The molecule has 8 nitrogen and oxygen atoms in total. The SMILES string of the molecule is CN(C(=O)c1cn2c(-c3ccc4c(cnn4C)c3)cnc2cn1)c1ccc(Cl)nc1. The predicted octanol–water partition coefficient (Wildman–Crippen LogP) is 3.61. The summed E-state index contributed by atoms with van der Waals surface area (Å²) in [5, 5.41) is 5.69. The number of hydrogen-bond acceptors (Lipinski definition) is 5. The lowest BCUT2D eigenvalue weighted by Crippen LogP contribution is -2.27. The Morgan fingerprint density at radius 3 is 2.70 bits per heavy atom. The first-order valence-electron chi connectivity index (χ1n) is 9.16. The lowest BCUT2D eigenvalue weighted by molar-refractivity contribution is 0.0987. The van der Waals surface area contributed by atoms with Crippen molar-refractivity contribution in [3.8, 4) is 11.3 Å². The smallest absolute Gasteiger partial charge is 0.278 e. The number of aryl methyl sites for hydroxylation is 1. The molecule has 0 atom stereocenters. The van der Waals surface area contributed by atoms with Crippen molar-refractivity contribution in [2.45, 2.75) is 0 Å². The highest BCUT2D eigenvalue weighted by molar-refractivity contribution is 6.29. The van der Waals surface area contributed by atoms with Gasteiger partial charge in [0.05, 0.1) is 41.7 Å². The van der Waals surface area contributed by atoms with E-state index in [0.717, 1.165) is 22.2 Å². The zero-order valence-corrected chi connectivity index (χ0v) is 16.9. The minimum atomic E-state index is -0.261. The van der Waals surface area contributed by atoms with E-state index in [0.29, 0.717) is 22.2 Å². The Hall–Kier alpha value is -3.78. The molecule has 148 valence electrons. The molecule has 0 aliphatic carbocycles. The van der Waals surface area contributed by atoms with Crippen LogP contribution >= 0.6 is 11.6 Å². The van der Waals surface area contributed by atoms with E-state index in [4.69, 9.17) is 11.6 Å². The van der Waals surface area contributed by atoms with Crippen LogP contribution in [0.2, 0.25) is 5.15 Å². The molecule has 5 aromatic rings. The van der Waals surface area contributed by atoms with Crippen molar-refractivity contribution in [2.75, 3.05) is 11.9 Å². The van der Waals surface area contributed by atoms with Crippen LogP contribution in [0, 0.1) is 0 Å². The summed E-state index contributed by atoms with van der Waals surface area (Å²) in [6.07, 6.45) is 8.44. The van der Waals surface area contributed by atoms with E-state index in [1.54, 1.807) is 44.0 Å². The van der Waals surface area contributed by atoms with Crippen LogP contribution in [0.1, 0.15) is 10.5 Å². The van der Waals surface area contributed by atoms with Gasteiger partial charge in [0.25, 0.3) is 5.91 Å². The van der Waals surface area contributed by atoms with Gasteiger partial charge in [-0.1, -0.05) is 17.7 Å². The van der Waals surface area contributed by atoms with E-state index in [1.807, 2.05) is 34.5 Å². The van der Waals surface area contributed by atoms with Crippen molar-refractivity contribution < 1.29 is 4.79 Å². The molecule has 0 spiro atoms. The van der Waals surface area contributed by atoms with Gasteiger partial charge in [-0.25, -0.2) is 15.0 Å². The largest absolute Gasteiger partial charge is 0.309 e. The van der Waals surface area contributed by atoms with Gasteiger partial charge in [0, 0.05) is 31.2 Å². The van der Waals surface area contributed by atoms with Gasteiger partial charge in [0.2, 0.25) is 0 Å². The van der Waals surface area contributed by atoms with Crippen molar-refractivity contribution in [3.63, 3.8) is 0 Å². The summed E-state index contributed by atoms with van der Waals surface area (Å²) in [6, 6.07) is 9.46. The van der Waals surface area contributed by atoms with Gasteiger partial charge in [0.1, 0.15) is 10.8 Å². The van der Waals surface area contributed by atoms with Gasteiger partial charge < -0.3 is 4.90 Å². The molecule has 0 bridgehead atoms. The van der Waals surface area contributed by atoms with Gasteiger partial charge in [-0.15, -0.1) is 0 Å². The fraction of sp³-hybridized carbons (Fsp3) is 0.0952. The van der Waals surface area contributed by atoms with Crippen LogP contribution in [-0.4, -0.2) is 42.1 Å². The maximum atomic E-state index is 13.0. The summed E-state index contributed by atoms with van der Waals surface area (Å²) in [7, 11) is 3.58. The third-order valence-electron chi connectivity index (χ3n) is 5.06. The van der Waals surface area contributed by atoms with Crippen molar-refractivity contribution in [1.82, 2.24) is 29.1 Å². The molecule has 30 heavy (non-hydrogen) atoms. The number of rotatable bonds is 3. The zero-order chi connectivity index (χ0) is 20.8. The second-order valence-electron chi connectivity index (χ2n) is 6.89. The average molecular weight is 418 g/mol. The number of fused-ring (bicyclic) bond motifs is 2. The maximum Gasteiger partial charge on any atom is 0.278 e. The summed E-state index contributed by atoms with van der Waals surface area (Å²) in [5.41, 5.74) is 4.46. The molecule has 9 heteroatoms. The Labute approximate surface area is 176 Å². The molecule has 0 fully saturated rings. The summed E-state index contributed by atoms with van der Waals surface area (Å²) < 4.78 is 3.70. The number of halogens is 1. The molecule has 0 saturated carbocycles. The van der Waals surface area contributed by atoms with Gasteiger partial charge >= 0.3 is 0 Å². The third-order valence-corrected chi connectivity index (χ3v) is 5.28. The lowest BCUT2D eigenvalue weighted by atomic mass is 10.1. The first kappa shape index (κ1) is 18.3. The van der Waals surface area contributed by atoms with Crippen LogP contribution in [0.3, 0.4) is 0 Å². The van der Waals surface area contributed by atoms with Gasteiger partial charge in [-0.3, -0.25) is 13.9 Å². The van der Waals surface area contributed by atoms with Crippen LogP contribution in [-0.2, 0) is 7.05 Å². The lowest BCUT2D eigenvalue weighted by Gasteiger charge is -2.16. The van der Waals surface area contributed by atoms with Crippen molar-refractivity contribution in [1.29, 1.82) is 0 Å². The molecule has 0 aliphatic heterocycles. The number of anilines is 1. The number of carbonyl (C=O) groups is 1. The topological polar surface area (TPSA) is 81.2 Å². The van der Waals surface area contributed by atoms with E-state index in [-0.39, 0.29) is 5.91 Å². The summed E-state index contributed by atoms with van der Waals surface area (Å²) >= 11 is 5.84. The number of aromatic nitrogens is 6. The normalized spacial score (nSPS) is 11.3. The number of nitrogens with zero attached hydrogens (tertiary/aromatic N) is 7. The van der Waals surface area contributed by atoms with E-state index in [1.165, 1.54) is 4.90 Å². The zero-order valence-electron chi connectivity index (χ0n) is 16.2. The fourth-order valence-electron chi connectivity index (χ4n) is 3.39. The van der Waals surface area contributed by atoms with Crippen molar-refractivity contribution in [3.05, 3.63) is 72.2 Å². The number of amides is 1. The molecule has 0 saturated heterocycles. The monoisotopic (exact) mass is 417 g/mol. The van der Waals surface area contributed by atoms with Gasteiger partial charge in [-0.05, 0) is 24.3 Å². The van der Waals surface area contributed by atoms with Crippen LogP contribution in [0.15, 0.2) is 61.3 Å².